The minimum absolute atomic E-state index is 0.172. The second-order valence-electron chi connectivity index (χ2n) is 18.3. The van der Waals surface area contributed by atoms with Crippen LogP contribution in [-0.2, 0) is 21.5 Å². The predicted octanol–water partition coefficient (Wildman–Crippen LogP) is 4.30. The number of carbonyl (C=O) groups is 4. The number of piperazine rings is 1. The van der Waals surface area contributed by atoms with Gasteiger partial charge in [0.2, 0.25) is 11.8 Å². The van der Waals surface area contributed by atoms with Crippen molar-refractivity contribution in [1.82, 2.24) is 30.4 Å². The van der Waals surface area contributed by atoms with Gasteiger partial charge in [-0.25, -0.2) is 9.37 Å². The Morgan fingerprint density at radius 1 is 0.984 bits per heavy atom. The van der Waals surface area contributed by atoms with Crippen LogP contribution in [0.4, 0.5) is 15.9 Å². The largest absolute Gasteiger partial charge is 0.488 e. The van der Waals surface area contributed by atoms with Gasteiger partial charge in [-0.2, -0.15) is 5.26 Å². The minimum atomic E-state index is -0.734. The first-order valence-corrected chi connectivity index (χ1v) is 21.3. The van der Waals surface area contributed by atoms with E-state index in [4.69, 9.17) is 9.72 Å². The Bertz CT molecular complexity index is 2540. The number of nitrogens with zero attached hydrogens (tertiary/aromatic N) is 7. The third kappa shape index (κ3) is 6.28. The van der Waals surface area contributed by atoms with Crippen molar-refractivity contribution < 1.29 is 28.3 Å². The zero-order valence-corrected chi connectivity index (χ0v) is 34.5. The van der Waals surface area contributed by atoms with E-state index < -0.39 is 23.2 Å². The van der Waals surface area contributed by atoms with E-state index in [1.54, 1.807) is 24.5 Å². The summed E-state index contributed by atoms with van der Waals surface area (Å²) in [6.45, 7) is 12.2. The van der Waals surface area contributed by atoms with Gasteiger partial charge in [0.25, 0.3) is 11.8 Å². The van der Waals surface area contributed by atoms with Crippen LogP contribution in [0.15, 0.2) is 54.9 Å². The molecule has 4 amide bonds. The van der Waals surface area contributed by atoms with Gasteiger partial charge >= 0.3 is 0 Å². The Morgan fingerprint density at radius 3 is 2.49 bits per heavy atom. The minimum Gasteiger partial charge on any atom is -0.488 e. The average Bonchev–Trinajstić information content (AvgIpc) is 3.58. The van der Waals surface area contributed by atoms with Gasteiger partial charge in [-0.15, -0.1) is 0 Å². The number of nitriles is 1. The SMILES string of the molecule is CC1(C)C(NC(=O)c2ccc(N3CCC(CN4CCN(c5cc6c(cc5F)C(=O)N([C@H]5CCC(=O)NC5=O)C6)CC4)CC3)nc2)C2(C)c3ccnc4c(C#N)ccc(c34)O[C@@H]12. The van der Waals surface area contributed by atoms with E-state index in [0.29, 0.717) is 46.9 Å². The molecule has 2 aromatic carbocycles. The van der Waals surface area contributed by atoms with Gasteiger partial charge < -0.3 is 24.8 Å². The van der Waals surface area contributed by atoms with Crippen molar-refractivity contribution in [2.75, 3.05) is 55.6 Å². The van der Waals surface area contributed by atoms with E-state index in [2.05, 4.69) is 52.3 Å². The molecule has 2 N–H and O–H groups in total. The quantitative estimate of drug-likeness (QED) is 0.256. The lowest BCUT2D eigenvalue weighted by Gasteiger charge is -2.66. The molecule has 314 valence electrons. The molecule has 0 spiro atoms. The highest BCUT2D eigenvalue weighted by atomic mass is 19.1. The van der Waals surface area contributed by atoms with Crippen molar-refractivity contribution in [3.05, 3.63) is 88.5 Å². The number of piperidine rings is 2. The molecule has 7 heterocycles. The highest BCUT2D eigenvalue weighted by Gasteiger charge is 2.69. The lowest BCUT2D eigenvalue weighted by Crippen LogP contribution is -2.78. The number of benzene rings is 2. The van der Waals surface area contributed by atoms with Crippen molar-refractivity contribution in [2.24, 2.45) is 11.3 Å². The normalized spacial score (nSPS) is 25.9. The summed E-state index contributed by atoms with van der Waals surface area (Å²) in [5.74, 6) is 0.260. The Kier molecular flexibility index (Phi) is 9.28. The summed E-state index contributed by atoms with van der Waals surface area (Å²) in [5.41, 5.74) is 3.19. The molecule has 14 nitrogen and oxygen atoms in total. The third-order valence-electron chi connectivity index (χ3n) is 14.4. The van der Waals surface area contributed by atoms with Gasteiger partial charge in [0.05, 0.1) is 33.8 Å². The first-order chi connectivity index (χ1) is 29.3. The summed E-state index contributed by atoms with van der Waals surface area (Å²) in [6.07, 6.45) is 5.69. The first kappa shape index (κ1) is 39.0. The number of fused-ring (bicyclic) bond motifs is 3. The van der Waals surface area contributed by atoms with Crippen LogP contribution in [0.1, 0.15) is 83.9 Å². The van der Waals surface area contributed by atoms with Crippen molar-refractivity contribution in [3.8, 4) is 11.8 Å². The van der Waals surface area contributed by atoms with Crippen LogP contribution in [0.3, 0.4) is 0 Å². The van der Waals surface area contributed by atoms with E-state index in [9.17, 15) is 24.4 Å². The number of ether oxygens (including phenoxy) is 1. The maximum absolute atomic E-state index is 15.5. The third-order valence-corrected chi connectivity index (χ3v) is 14.4. The van der Waals surface area contributed by atoms with Crippen molar-refractivity contribution in [3.63, 3.8) is 0 Å². The molecule has 0 bridgehead atoms. The van der Waals surface area contributed by atoms with Crippen LogP contribution in [0.25, 0.3) is 10.9 Å². The van der Waals surface area contributed by atoms with Gasteiger partial charge in [-0.1, -0.05) is 13.8 Å². The first-order valence-electron chi connectivity index (χ1n) is 21.3. The van der Waals surface area contributed by atoms with Crippen LogP contribution in [0.5, 0.6) is 5.75 Å². The second kappa shape index (κ2) is 14.5. The zero-order valence-electron chi connectivity index (χ0n) is 34.5. The Hall–Kier alpha value is -6.14. The Labute approximate surface area is 353 Å². The van der Waals surface area contributed by atoms with E-state index in [0.717, 1.165) is 68.1 Å². The zero-order chi connectivity index (χ0) is 42.4. The van der Waals surface area contributed by atoms with Crippen molar-refractivity contribution in [1.29, 1.82) is 5.26 Å². The summed E-state index contributed by atoms with van der Waals surface area (Å²) >= 11 is 0. The number of rotatable bonds is 7. The number of imide groups is 1. The second-order valence-corrected chi connectivity index (χ2v) is 18.3. The van der Waals surface area contributed by atoms with Gasteiger partial charge in [0.15, 0.2) is 0 Å². The fraction of sp³-hybridized carbons (Fsp3) is 0.457. The molecule has 4 aromatic rings. The molecule has 61 heavy (non-hydrogen) atoms. The van der Waals surface area contributed by atoms with Crippen molar-refractivity contribution in [2.45, 2.75) is 76.6 Å². The number of amides is 4. The van der Waals surface area contributed by atoms with E-state index in [-0.39, 0.29) is 60.2 Å². The molecule has 3 saturated heterocycles. The van der Waals surface area contributed by atoms with Crippen LogP contribution >= 0.6 is 0 Å². The Morgan fingerprint density at radius 2 is 1.77 bits per heavy atom. The highest BCUT2D eigenvalue weighted by Crippen LogP contribution is 2.61. The lowest BCUT2D eigenvalue weighted by molar-refractivity contribution is -0.136. The highest BCUT2D eigenvalue weighted by molar-refractivity contribution is 6.05. The smallest absolute Gasteiger partial charge is 0.255 e. The number of nitrogens with one attached hydrogen (secondary N) is 2. The number of hydrogen-bond donors (Lipinski definition) is 2. The van der Waals surface area contributed by atoms with E-state index >= 15 is 4.39 Å². The number of anilines is 2. The molecule has 4 fully saturated rings. The van der Waals surface area contributed by atoms with E-state index in [1.807, 2.05) is 29.2 Å². The molecule has 5 aliphatic heterocycles. The number of aromatic nitrogens is 2. The molecular formula is C46H48FN9O5. The van der Waals surface area contributed by atoms with Gasteiger partial charge in [0.1, 0.15) is 35.6 Å². The molecule has 1 aliphatic carbocycles. The summed E-state index contributed by atoms with van der Waals surface area (Å²) in [6, 6.07) is 13.7. The molecule has 10 rings (SSSR count). The lowest BCUT2D eigenvalue weighted by atomic mass is 9.45. The predicted molar refractivity (Wildman–Crippen MR) is 224 cm³/mol. The standard InChI is InChI=1S/C46H48FN9O5/c1-45(2)43(46(3)31-10-13-49-39-27(22-48)4-7-35(38(31)39)61-44(45)46)52-40(58)28-5-8-36(50-23-28)55-14-11-26(12-15-55)24-53-16-18-54(19-17-53)34-20-29-25-56(42(60)30(29)21-32(34)47)33-6-9-37(57)51-41(33)59/h4-5,7-8,10,13,20-21,23,26,33,43-44H,6,9,11-12,14-19,24-25H2,1-3H3,(H,52,58)(H,51,57,59)/t33-,43?,44-,46?/m0/s1. The molecule has 15 heteroatoms. The van der Waals surface area contributed by atoms with E-state index in [1.165, 1.54) is 11.0 Å². The van der Waals surface area contributed by atoms with Crippen LogP contribution in [-0.4, -0.2) is 107 Å². The average molecular weight is 826 g/mol. The van der Waals surface area contributed by atoms with Crippen LogP contribution in [0.2, 0.25) is 0 Å². The summed E-state index contributed by atoms with van der Waals surface area (Å²) in [4.78, 5) is 68.5. The maximum atomic E-state index is 15.5. The summed E-state index contributed by atoms with van der Waals surface area (Å²) in [5, 5.41) is 16.2. The van der Waals surface area contributed by atoms with Gasteiger partial charge in [-0.05, 0) is 85.7 Å². The molecule has 6 aliphatic rings. The summed E-state index contributed by atoms with van der Waals surface area (Å²) in [7, 11) is 0. The molecule has 4 atom stereocenters. The maximum Gasteiger partial charge on any atom is 0.255 e. The Balaban J connectivity index is 0.720. The van der Waals surface area contributed by atoms with Crippen molar-refractivity contribution >= 4 is 46.0 Å². The molecule has 1 saturated carbocycles. The monoisotopic (exact) mass is 825 g/mol. The molecule has 2 aromatic heterocycles. The molecular weight excluding hydrogens is 778 g/mol. The number of carbonyl (C=O) groups excluding carboxylic acids is 4. The fourth-order valence-corrected chi connectivity index (χ4v) is 11.3. The van der Waals surface area contributed by atoms with Crippen LogP contribution in [0, 0.1) is 28.5 Å². The number of halogens is 1. The topological polar surface area (TPSA) is 164 Å². The van der Waals surface area contributed by atoms with Gasteiger partial charge in [0, 0.05) is 87.5 Å². The van der Waals surface area contributed by atoms with Crippen LogP contribution < -0.4 is 25.2 Å². The number of pyridine rings is 2. The summed E-state index contributed by atoms with van der Waals surface area (Å²) < 4.78 is 22.0. The fourth-order valence-electron chi connectivity index (χ4n) is 11.3. The molecule has 0 radical (unpaired) electrons. The van der Waals surface area contributed by atoms with Gasteiger partial charge in [-0.3, -0.25) is 34.4 Å². The number of hydrogen-bond acceptors (Lipinski definition) is 11. The molecule has 2 unspecified atom stereocenters.